The van der Waals surface area contributed by atoms with Crippen molar-refractivity contribution in [2.45, 2.75) is 25.8 Å². The minimum Gasteiger partial charge on any atom is -0.465 e. The zero-order valence-corrected chi connectivity index (χ0v) is 17.6. The number of piperazine rings is 1. The molecule has 2 aliphatic rings. The average molecular weight is 424 g/mol. The summed E-state index contributed by atoms with van der Waals surface area (Å²) in [5, 5.41) is 7.47. The second kappa shape index (κ2) is 10.5. The van der Waals surface area contributed by atoms with Gasteiger partial charge in [-0.15, -0.1) is 12.4 Å². The van der Waals surface area contributed by atoms with Crippen LogP contribution >= 0.6 is 12.4 Å². The normalized spacial score (nSPS) is 18.3. The third kappa shape index (κ3) is 5.83. The number of piperidine rings is 1. The fourth-order valence-electron chi connectivity index (χ4n) is 3.92. The smallest absolute Gasteiger partial charge is 0.320 e. The van der Waals surface area contributed by atoms with E-state index in [2.05, 4.69) is 9.80 Å². The second-order valence-corrected chi connectivity index (χ2v) is 7.28. The minimum absolute atomic E-state index is 0. The Morgan fingerprint density at radius 3 is 2.38 bits per heavy atom. The van der Waals surface area contributed by atoms with Gasteiger partial charge < -0.3 is 20.3 Å². The molecule has 29 heavy (non-hydrogen) atoms. The van der Waals surface area contributed by atoms with E-state index in [9.17, 15) is 9.59 Å². The fraction of sp³-hybridized carbons (Fsp3) is 0.550. The molecule has 1 aromatic carbocycles. The zero-order valence-electron chi connectivity index (χ0n) is 16.8. The van der Waals surface area contributed by atoms with Crippen LogP contribution in [0.4, 0.5) is 5.69 Å². The number of hydrogen-bond acceptors (Lipinski definition) is 6. The van der Waals surface area contributed by atoms with Crippen molar-refractivity contribution in [1.29, 1.82) is 5.41 Å². The number of anilines is 1. The van der Waals surface area contributed by atoms with Crippen LogP contribution in [0.3, 0.4) is 0 Å². The van der Waals surface area contributed by atoms with Crippen LogP contribution in [0, 0.1) is 5.41 Å². The number of likely N-dealkylation sites (tertiary alicyclic amines) is 1. The molecule has 0 atom stereocenters. The van der Waals surface area contributed by atoms with E-state index in [4.69, 9.17) is 15.9 Å². The Morgan fingerprint density at radius 2 is 1.83 bits per heavy atom. The van der Waals surface area contributed by atoms with Crippen molar-refractivity contribution < 1.29 is 14.3 Å². The molecule has 3 rings (SSSR count). The molecule has 0 spiro atoms. The molecule has 2 heterocycles. The molecule has 2 fully saturated rings. The van der Waals surface area contributed by atoms with E-state index in [0.29, 0.717) is 31.8 Å². The maximum Gasteiger partial charge on any atom is 0.320 e. The number of carbonyl (C=O) groups is 2. The third-order valence-corrected chi connectivity index (χ3v) is 5.46. The van der Waals surface area contributed by atoms with Crippen LogP contribution in [0.15, 0.2) is 24.3 Å². The van der Waals surface area contributed by atoms with Crippen molar-refractivity contribution in [3.05, 3.63) is 29.8 Å². The van der Waals surface area contributed by atoms with E-state index < -0.39 is 0 Å². The number of nitrogen functional groups attached to an aromatic ring is 1. The highest BCUT2D eigenvalue weighted by atomic mass is 35.5. The molecule has 0 saturated carbocycles. The van der Waals surface area contributed by atoms with Crippen molar-refractivity contribution in [2.75, 3.05) is 50.8 Å². The fourth-order valence-corrected chi connectivity index (χ4v) is 3.92. The molecule has 2 aliphatic heterocycles. The maximum absolute atomic E-state index is 12.7. The van der Waals surface area contributed by atoms with Gasteiger partial charge >= 0.3 is 5.97 Å². The van der Waals surface area contributed by atoms with Crippen LogP contribution in [0.2, 0.25) is 0 Å². The second-order valence-electron chi connectivity index (χ2n) is 7.28. The van der Waals surface area contributed by atoms with Gasteiger partial charge in [-0.1, -0.05) is 0 Å². The summed E-state index contributed by atoms with van der Waals surface area (Å²) < 4.78 is 5.01. The van der Waals surface area contributed by atoms with Gasteiger partial charge in [0.05, 0.1) is 19.7 Å². The molecule has 1 amide bonds. The predicted octanol–water partition coefficient (Wildman–Crippen LogP) is 1.07. The summed E-state index contributed by atoms with van der Waals surface area (Å²) >= 11 is 0. The number of nitrogens with one attached hydrogen (secondary N) is 1. The van der Waals surface area contributed by atoms with E-state index in [-0.39, 0.29) is 36.2 Å². The van der Waals surface area contributed by atoms with Crippen LogP contribution in [-0.4, -0.2) is 79.4 Å². The molecule has 2 saturated heterocycles. The van der Waals surface area contributed by atoms with Crippen molar-refractivity contribution in [2.24, 2.45) is 5.73 Å². The Balaban J connectivity index is 0.00000300. The number of halogens is 1. The molecule has 0 radical (unpaired) electrons. The maximum atomic E-state index is 12.7. The Kier molecular flexibility index (Phi) is 8.28. The van der Waals surface area contributed by atoms with Gasteiger partial charge in [0.2, 0.25) is 5.91 Å². The molecule has 0 bridgehead atoms. The summed E-state index contributed by atoms with van der Waals surface area (Å²) in [4.78, 5) is 30.5. The molecule has 3 N–H and O–H groups in total. The van der Waals surface area contributed by atoms with Gasteiger partial charge in [-0.25, -0.2) is 0 Å². The molecule has 8 nitrogen and oxygen atoms in total. The number of carbonyl (C=O) groups excluding carboxylic acids is 2. The lowest BCUT2D eigenvalue weighted by atomic mass is 10.0. The Morgan fingerprint density at radius 1 is 1.17 bits per heavy atom. The van der Waals surface area contributed by atoms with E-state index in [1.54, 1.807) is 0 Å². The zero-order chi connectivity index (χ0) is 20.1. The van der Waals surface area contributed by atoms with Crippen LogP contribution in [0.25, 0.3) is 0 Å². The molecular formula is C20H30ClN5O3. The van der Waals surface area contributed by atoms with Crippen LogP contribution in [0.5, 0.6) is 0 Å². The average Bonchev–Trinajstić information content (AvgIpc) is 2.69. The van der Waals surface area contributed by atoms with Crippen LogP contribution in [0.1, 0.15) is 25.3 Å². The highest BCUT2D eigenvalue weighted by molar-refractivity contribution is 5.95. The monoisotopic (exact) mass is 423 g/mol. The number of benzene rings is 1. The summed E-state index contributed by atoms with van der Waals surface area (Å²) in [6.07, 6.45) is 1.77. The van der Waals surface area contributed by atoms with Gasteiger partial charge in [0.15, 0.2) is 0 Å². The van der Waals surface area contributed by atoms with Crippen LogP contribution in [-0.2, 0) is 14.3 Å². The summed E-state index contributed by atoms with van der Waals surface area (Å²) in [7, 11) is 0. The molecule has 1 aromatic rings. The third-order valence-electron chi connectivity index (χ3n) is 5.46. The predicted molar refractivity (Wildman–Crippen MR) is 115 cm³/mol. The van der Waals surface area contributed by atoms with E-state index >= 15 is 0 Å². The number of nitrogens with zero attached hydrogens (tertiary/aromatic N) is 3. The standard InChI is InChI=1S/C20H29N5O3.ClH/c1-2-28-19(27)14-23-9-7-17(8-10-23)25-12-11-24(13-18(25)26)16-5-3-15(4-6-16)20(21)22;/h3-6,17H,2,7-14H2,1H3,(H3,21,22);1H. The van der Waals surface area contributed by atoms with Gasteiger partial charge in [0.1, 0.15) is 5.84 Å². The van der Waals surface area contributed by atoms with Crippen molar-refractivity contribution in [3.63, 3.8) is 0 Å². The molecule has 0 aromatic heterocycles. The molecule has 0 aliphatic carbocycles. The topological polar surface area (TPSA) is 103 Å². The first kappa shape index (κ1) is 23.0. The van der Waals surface area contributed by atoms with Crippen molar-refractivity contribution in [3.8, 4) is 0 Å². The van der Waals surface area contributed by atoms with Gasteiger partial charge in [0, 0.05) is 43.5 Å². The van der Waals surface area contributed by atoms with E-state index in [1.807, 2.05) is 36.1 Å². The highest BCUT2D eigenvalue weighted by Crippen LogP contribution is 2.22. The lowest BCUT2D eigenvalue weighted by molar-refractivity contribution is -0.145. The molecule has 0 unspecified atom stereocenters. The Bertz CT molecular complexity index is 719. The first-order chi connectivity index (χ1) is 13.5. The Hall–Kier alpha value is -2.32. The van der Waals surface area contributed by atoms with Gasteiger partial charge in [0.25, 0.3) is 0 Å². The number of amides is 1. The lowest BCUT2D eigenvalue weighted by Gasteiger charge is -2.43. The van der Waals surface area contributed by atoms with E-state index in [0.717, 1.165) is 38.2 Å². The number of ether oxygens (including phenoxy) is 1. The van der Waals surface area contributed by atoms with Crippen LogP contribution < -0.4 is 10.6 Å². The highest BCUT2D eigenvalue weighted by Gasteiger charge is 2.32. The quantitative estimate of drug-likeness (QED) is 0.403. The molecular weight excluding hydrogens is 394 g/mol. The lowest BCUT2D eigenvalue weighted by Crippen LogP contribution is -2.56. The largest absolute Gasteiger partial charge is 0.465 e. The number of esters is 1. The first-order valence-electron chi connectivity index (χ1n) is 9.84. The number of nitrogens with two attached hydrogens (primary N) is 1. The summed E-state index contributed by atoms with van der Waals surface area (Å²) in [5.74, 6) is 0.00825. The van der Waals surface area contributed by atoms with E-state index in [1.165, 1.54) is 0 Å². The first-order valence-corrected chi connectivity index (χ1v) is 9.84. The molecule has 9 heteroatoms. The summed E-state index contributed by atoms with van der Waals surface area (Å²) in [5.41, 5.74) is 7.15. The number of amidine groups is 1. The Labute approximate surface area is 177 Å². The van der Waals surface area contributed by atoms with Gasteiger partial charge in [-0.3, -0.25) is 19.9 Å². The van der Waals surface area contributed by atoms with Crippen molar-refractivity contribution in [1.82, 2.24) is 9.80 Å². The number of rotatable bonds is 6. The van der Waals surface area contributed by atoms with Crippen molar-refractivity contribution >= 4 is 35.8 Å². The van der Waals surface area contributed by atoms with Gasteiger partial charge in [-0.2, -0.15) is 0 Å². The summed E-state index contributed by atoms with van der Waals surface area (Å²) in [6.45, 7) is 6.02. The van der Waals surface area contributed by atoms with Gasteiger partial charge in [-0.05, 0) is 44.0 Å². The minimum atomic E-state index is -0.179. The molecule has 160 valence electrons. The SMILES string of the molecule is CCOC(=O)CN1CCC(N2CCN(c3ccc(C(=N)N)cc3)CC2=O)CC1.Cl. The number of hydrogen-bond donors (Lipinski definition) is 2. The summed E-state index contributed by atoms with van der Waals surface area (Å²) in [6, 6.07) is 7.69.